The predicted molar refractivity (Wildman–Crippen MR) is 120 cm³/mol. The van der Waals surface area contributed by atoms with E-state index >= 15 is 0 Å². The predicted octanol–water partition coefficient (Wildman–Crippen LogP) is 2.53. The summed E-state index contributed by atoms with van der Waals surface area (Å²) in [6.45, 7) is 5.14. The smallest absolute Gasteiger partial charge is 0.326 e. The van der Waals surface area contributed by atoms with E-state index in [4.69, 9.17) is 4.74 Å². The van der Waals surface area contributed by atoms with E-state index < -0.39 is 5.54 Å². The Balaban J connectivity index is 1.35. The maximum atomic E-state index is 13.2. The first kappa shape index (κ1) is 22.6. The van der Waals surface area contributed by atoms with Crippen molar-refractivity contribution in [3.05, 3.63) is 29.8 Å². The summed E-state index contributed by atoms with van der Waals surface area (Å²) in [6, 6.07) is 6.84. The average molecular weight is 443 g/mol. The van der Waals surface area contributed by atoms with Gasteiger partial charge >= 0.3 is 6.03 Å². The molecule has 0 saturated carbocycles. The quantitative estimate of drug-likeness (QED) is 0.709. The molecule has 3 aliphatic rings. The van der Waals surface area contributed by atoms with Crippen LogP contribution in [0.2, 0.25) is 0 Å². The van der Waals surface area contributed by atoms with Crippen LogP contribution in [0.5, 0.6) is 5.75 Å². The molecule has 8 heteroatoms. The second kappa shape index (κ2) is 9.48. The van der Waals surface area contributed by atoms with Crippen LogP contribution in [0, 0.1) is 5.92 Å². The molecule has 4 amide bonds. The molecule has 8 nitrogen and oxygen atoms in total. The lowest BCUT2D eigenvalue weighted by Crippen LogP contribution is -2.48. The van der Waals surface area contributed by atoms with Crippen LogP contribution in [-0.4, -0.2) is 72.5 Å². The minimum absolute atomic E-state index is 0.0505. The number of carbonyl (C=O) groups is 3. The zero-order valence-corrected chi connectivity index (χ0v) is 19.1. The topological polar surface area (TPSA) is 82.2 Å². The van der Waals surface area contributed by atoms with Crippen molar-refractivity contribution < 1.29 is 19.1 Å². The number of likely N-dealkylation sites (tertiary alicyclic amines) is 2. The summed E-state index contributed by atoms with van der Waals surface area (Å²) < 4.78 is 5.27. The van der Waals surface area contributed by atoms with Gasteiger partial charge in [0.05, 0.1) is 13.8 Å². The molecule has 0 radical (unpaired) electrons. The van der Waals surface area contributed by atoms with E-state index in [-0.39, 0.29) is 30.4 Å². The van der Waals surface area contributed by atoms with E-state index in [2.05, 4.69) is 10.2 Å². The van der Waals surface area contributed by atoms with Gasteiger partial charge in [-0.25, -0.2) is 9.69 Å². The minimum Gasteiger partial charge on any atom is -0.497 e. The summed E-state index contributed by atoms with van der Waals surface area (Å²) in [5.41, 5.74) is -0.424. The van der Waals surface area contributed by atoms with Gasteiger partial charge in [0.15, 0.2) is 0 Å². The molecule has 174 valence electrons. The molecule has 1 aromatic rings. The molecule has 0 bridgehead atoms. The Labute approximate surface area is 189 Å². The molecule has 3 fully saturated rings. The zero-order valence-electron chi connectivity index (χ0n) is 19.1. The van der Waals surface area contributed by atoms with Gasteiger partial charge in [-0.3, -0.25) is 14.5 Å². The Morgan fingerprint density at radius 2 is 1.78 bits per heavy atom. The van der Waals surface area contributed by atoms with Crippen LogP contribution >= 0.6 is 0 Å². The van der Waals surface area contributed by atoms with Gasteiger partial charge in [-0.1, -0.05) is 25.0 Å². The van der Waals surface area contributed by atoms with Crippen LogP contribution in [0.15, 0.2) is 24.3 Å². The number of methoxy groups -OCH3 is 1. The number of imide groups is 1. The number of nitrogens with one attached hydrogen (secondary N) is 1. The highest BCUT2D eigenvalue weighted by Crippen LogP contribution is 2.31. The van der Waals surface area contributed by atoms with Crippen molar-refractivity contribution in [2.24, 2.45) is 5.92 Å². The molecule has 0 unspecified atom stereocenters. The van der Waals surface area contributed by atoms with Gasteiger partial charge in [-0.05, 0) is 50.3 Å². The molecule has 3 saturated heterocycles. The van der Waals surface area contributed by atoms with Gasteiger partial charge in [0.2, 0.25) is 5.91 Å². The first-order valence-corrected chi connectivity index (χ1v) is 11.7. The van der Waals surface area contributed by atoms with Crippen molar-refractivity contribution in [2.75, 3.05) is 40.0 Å². The second-order valence-electron chi connectivity index (χ2n) is 9.29. The van der Waals surface area contributed by atoms with E-state index in [1.807, 2.05) is 23.1 Å². The van der Waals surface area contributed by atoms with Gasteiger partial charge in [0.1, 0.15) is 11.3 Å². The van der Waals surface area contributed by atoms with Gasteiger partial charge in [-0.2, -0.15) is 0 Å². The molecule has 3 aliphatic heterocycles. The summed E-state index contributed by atoms with van der Waals surface area (Å²) >= 11 is 0. The number of hydrogen-bond acceptors (Lipinski definition) is 5. The van der Waals surface area contributed by atoms with Gasteiger partial charge < -0.3 is 15.0 Å². The highest BCUT2D eigenvalue weighted by atomic mass is 16.5. The Morgan fingerprint density at radius 1 is 1.09 bits per heavy atom. The molecular formula is C24H34N4O4. The van der Waals surface area contributed by atoms with Crippen molar-refractivity contribution in [2.45, 2.75) is 51.0 Å². The number of urea groups is 1. The number of ether oxygens (including phenoxy) is 1. The summed E-state index contributed by atoms with van der Waals surface area (Å²) in [6.07, 6.45) is 6.16. The fourth-order valence-electron chi connectivity index (χ4n) is 5.03. The third-order valence-electron chi connectivity index (χ3n) is 7.12. The number of piperidine rings is 1. The largest absolute Gasteiger partial charge is 0.497 e. The van der Waals surface area contributed by atoms with Crippen molar-refractivity contribution in [1.29, 1.82) is 0 Å². The van der Waals surface area contributed by atoms with Crippen LogP contribution in [0.3, 0.4) is 0 Å². The number of rotatable bonds is 5. The number of hydrogen-bond donors (Lipinski definition) is 1. The molecule has 0 aromatic heterocycles. The molecule has 32 heavy (non-hydrogen) atoms. The Kier molecular flexibility index (Phi) is 6.69. The Hall–Kier alpha value is -2.61. The standard InChI is InChI=1S/C24H34N4O4/c1-24(19-8-7-9-20(16-19)32-2)22(30)28(23(31)25-24)17-26-14-10-18(11-15-26)21(29)27-12-5-3-4-6-13-27/h7-9,16,18H,3-6,10-15,17H2,1-2H3,(H,25,31)/t24-/m0/s1. The van der Waals surface area contributed by atoms with Crippen molar-refractivity contribution in [3.63, 3.8) is 0 Å². The molecule has 4 rings (SSSR count). The van der Waals surface area contributed by atoms with Gasteiger partial charge in [0.25, 0.3) is 5.91 Å². The average Bonchev–Trinajstić information content (AvgIpc) is 3.01. The maximum Gasteiger partial charge on any atom is 0.326 e. The van der Waals surface area contributed by atoms with Crippen molar-refractivity contribution in [3.8, 4) is 5.75 Å². The first-order chi connectivity index (χ1) is 15.4. The van der Waals surface area contributed by atoms with Crippen LogP contribution in [0.25, 0.3) is 0 Å². The van der Waals surface area contributed by atoms with Gasteiger partial charge in [0, 0.05) is 32.1 Å². The number of carbonyl (C=O) groups excluding carboxylic acids is 3. The van der Waals surface area contributed by atoms with Crippen LogP contribution in [0.1, 0.15) is 51.0 Å². The van der Waals surface area contributed by atoms with Crippen molar-refractivity contribution >= 4 is 17.8 Å². The van der Waals surface area contributed by atoms with E-state index in [9.17, 15) is 14.4 Å². The number of amides is 4. The SMILES string of the molecule is COc1cccc([C@]2(C)NC(=O)N(CN3CCC(C(=O)N4CCCCCC4)CC3)C2=O)c1. The fourth-order valence-corrected chi connectivity index (χ4v) is 5.03. The summed E-state index contributed by atoms with van der Waals surface area (Å²) in [5.74, 6) is 0.709. The normalized spacial score (nSPS) is 25.6. The minimum atomic E-state index is -1.12. The lowest BCUT2D eigenvalue weighted by Gasteiger charge is -2.35. The molecule has 1 N–H and O–H groups in total. The van der Waals surface area contributed by atoms with E-state index in [1.165, 1.54) is 17.7 Å². The highest BCUT2D eigenvalue weighted by Gasteiger charge is 2.49. The van der Waals surface area contributed by atoms with E-state index in [0.717, 1.165) is 38.8 Å². The third-order valence-corrected chi connectivity index (χ3v) is 7.12. The summed E-state index contributed by atoms with van der Waals surface area (Å²) in [7, 11) is 1.57. The van der Waals surface area contributed by atoms with E-state index in [1.54, 1.807) is 20.1 Å². The third kappa shape index (κ3) is 4.46. The maximum absolute atomic E-state index is 13.2. The van der Waals surface area contributed by atoms with Crippen molar-refractivity contribution in [1.82, 2.24) is 20.0 Å². The Bertz CT molecular complexity index is 859. The van der Waals surface area contributed by atoms with E-state index in [0.29, 0.717) is 24.4 Å². The van der Waals surface area contributed by atoms with Crippen LogP contribution < -0.4 is 10.1 Å². The lowest BCUT2D eigenvalue weighted by atomic mass is 9.92. The number of nitrogens with zero attached hydrogens (tertiary/aromatic N) is 3. The molecule has 0 spiro atoms. The highest BCUT2D eigenvalue weighted by molar-refractivity contribution is 6.07. The summed E-state index contributed by atoms with van der Waals surface area (Å²) in [5, 5.41) is 2.86. The lowest BCUT2D eigenvalue weighted by molar-refractivity contribution is -0.138. The van der Waals surface area contributed by atoms with Crippen LogP contribution in [0.4, 0.5) is 4.79 Å². The monoisotopic (exact) mass is 442 g/mol. The zero-order chi connectivity index (χ0) is 22.7. The molecule has 1 aromatic carbocycles. The first-order valence-electron chi connectivity index (χ1n) is 11.7. The second-order valence-corrected chi connectivity index (χ2v) is 9.29. The van der Waals surface area contributed by atoms with Gasteiger partial charge in [-0.15, -0.1) is 0 Å². The molecule has 0 aliphatic carbocycles. The molecule has 1 atom stereocenters. The molecular weight excluding hydrogens is 408 g/mol. The Morgan fingerprint density at radius 3 is 2.44 bits per heavy atom. The van der Waals surface area contributed by atoms with Crippen LogP contribution in [-0.2, 0) is 15.1 Å². The fraction of sp³-hybridized carbons (Fsp3) is 0.625. The number of benzene rings is 1. The molecule has 3 heterocycles. The summed E-state index contributed by atoms with van der Waals surface area (Å²) in [4.78, 5) is 44.3.